The van der Waals surface area contributed by atoms with Crippen molar-refractivity contribution >= 4 is 28.8 Å². The van der Waals surface area contributed by atoms with E-state index in [-0.39, 0.29) is 0 Å². The summed E-state index contributed by atoms with van der Waals surface area (Å²) in [5.41, 5.74) is 2.35. The fraction of sp³-hybridized carbons (Fsp3) is 0.312. The summed E-state index contributed by atoms with van der Waals surface area (Å²) >= 11 is 5.83. The Labute approximate surface area is 124 Å². The Morgan fingerprint density at radius 1 is 0.950 bits per heavy atom. The molecule has 104 valence electrons. The van der Waals surface area contributed by atoms with Crippen LogP contribution in [0.2, 0.25) is 5.02 Å². The number of aromatic nitrogens is 1. The number of nitrogens with zero attached hydrogens (tertiary/aromatic N) is 2. The minimum atomic E-state index is 0.649. The summed E-state index contributed by atoms with van der Waals surface area (Å²) in [6.07, 6.45) is 5.60. The van der Waals surface area contributed by atoms with Gasteiger partial charge in [0.05, 0.1) is 5.02 Å². The second-order valence-corrected chi connectivity index (χ2v) is 5.52. The van der Waals surface area contributed by atoms with Crippen molar-refractivity contribution < 1.29 is 0 Å². The summed E-state index contributed by atoms with van der Waals surface area (Å²) in [6, 6.07) is 12.2. The first-order chi connectivity index (χ1) is 9.81. The normalized spacial score (nSPS) is 15.2. The zero-order chi connectivity index (χ0) is 13.8. The summed E-state index contributed by atoms with van der Waals surface area (Å²) < 4.78 is 0. The van der Waals surface area contributed by atoms with E-state index in [2.05, 4.69) is 39.5 Å². The van der Waals surface area contributed by atoms with Crippen LogP contribution in [-0.4, -0.2) is 18.1 Å². The van der Waals surface area contributed by atoms with Crippen molar-refractivity contribution in [1.29, 1.82) is 0 Å². The molecule has 2 aromatic rings. The maximum atomic E-state index is 5.83. The van der Waals surface area contributed by atoms with E-state index in [1.807, 2.05) is 12.1 Å². The molecule has 1 aromatic carbocycles. The molecule has 1 saturated heterocycles. The Morgan fingerprint density at radius 2 is 1.70 bits per heavy atom. The van der Waals surface area contributed by atoms with Crippen molar-refractivity contribution in [3.63, 3.8) is 0 Å². The van der Waals surface area contributed by atoms with Gasteiger partial charge in [-0.2, -0.15) is 0 Å². The molecule has 0 amide bonds. The van der Waals surface area contributed by atoms with Crippen molar-refractivity contribution in [3.8, 4) is 0 Å². The molecule has 0 radical (unpaired) electrons. The predicted molar refractivity (Wildman–Crippen MR) is 85.0 cm³/mol. The van der Waals surface area contributed by atoms with Crippen molar-refractivity contribution in [2.45, 2.75) is 19.3 Å². The Bertz CT molecular complexity index is 545. The summed E-state index contributed by atoms with van der Waals surface area (Å²) in [5.74, 6) is 0.806. The molecule has 0 spiro atoms. The largest absolute Gasteiger partial charge is 0.372 e. The molecular formula is C16H18ClN3. The first-order valence-corrected chi connectivity index (χ1v) is 7.43. The van der Waals surface area contributed by atoms with Gasteiger partial charge in [0.2, 0.25) is 0 Å². The van der Waals surface area contributed by atoms with Gasteiger partial charge in [-0.25, -0.2) is 4.98 Å². The van der Waals surface area contributed by atoms with Crippen molar-refractivity contribution in [2.24, 2.45) is 0 Å². The van der Waals surface area contributed by atoms with Crippen LogP contribution in [0.5, 0.6) is 0 Å². The van der Waals surface area contributed by atoms with Crippen molar-refractivity contribution in [2.75, 3.05) is 23.3 Å². The first-order valence-electron chi connectivity index (χ1n) is 7.05. The lowest BCUT2D eigenvalue weighted by Crippen LogP contribution is -2.29. The van der Waals surface area contributed by atoms with Gasteiger partial charge in [0.15, 0.2) is 0 Å². The lowest BCUT2D eigenvalue weighted by atomic mass is 10.1. The molecule has 0 unspecified atom stereocenters. The predicted octanol–water partition coefficient (Wildman–Crippen LogP) is 4.47. The fourth-order valence-electron chi connectivity index (χ4n) is 2.51. The van der Waals surface area contributed by atoms with Crippen LogP contribution in [-0.2, 0) is 0 Å². The summed E-state index contributed by atoms with van der Waals surface area (Å²) in [6.45, 7) is 2.34. The molecule has 4 heteroatoms. The lowest BCUT2D eigenvalue weighted by molar-refractivity contribution is 0.578. The highest BCUT2D eigenvalue weighted by Crippen LogP contribution is 2.23. The molecule has 0 saturated carbocycles. The Kier molecular flexibility index (Phi) is 4.07. The summed E-state index contributed by atoms with van der Waals surface area (Å²) in [7, 11) is 0. The molecule has 1 aromatic heterocycles. The van der Waals surface area contributed by atoms with E-state index in [0.717, 1.165) is 11.5 Å². The lowest BCUT2D eigenvalue weighted by Gasteiger charge is -2.28. The third kappa shape index (κ3) is 3.23. The molecule has 1 fully saturated rings. The minimum absolute atomic E-state index is 0.649. The Hall–Kier alpha value is -1.74. The SMILES string of the molecule is Clc1ccc(Nc2ccc(N3CCCCC3)cc2)nc1. The van der Waals surface area contributed by atoms with Crippen LogP contribution in [0, 0.1) is 0 Å². The van der Waals surface area contributed by atoms with Crippen LogP contribution < -0.4 is 10.2 Å². The van der Waals surface area contributed by atoms with Gasteiger partial charge < -0.3 is 10.2 Å². The molecule has 2 heterocycles. The quantitative estimate of drug-likeness (QED) is 0.903. The average Bonchev–Trinajstić information content (AvgIpc) is 2.51. The van der Waals surface area contributed by atoms with Crippen LogP contribution in [0.25, 0.3) is 0 Å². The van der Waals surface area contributed by atoms with E-state index in [4.69, 9.17) is 11.6 Å². The van der Waals surface area contributed by atoms with Gasteiger partial charge in [0.25, 0.3) is 0 Å². The number of halogens is 1. The monoisotopic (exact) mass is 287 g/mol. The molecule has 3 nitrogen and oxygen atoms in total. The van der Waals surface area contributed by atoms with Crippen molar-refractivity contribution in [1.82, 2.24) is 4.98 Å². The maximum absolute atomic E-state index is 5.83. The number of hydrogen-bond donors (Lipinski definition) is 1. The van der Waals surface area contributed by atoms with E-state index < -0.39 is 0 Å². The molecule has 0 aliphatic carbocycles. The topological polar surface area (TPSA) is 28.2 Å². The average molecular weight is 288 g/mol. The van der Waals surface area contributed by atoms with Gasteiger partial charge in [0, 0.05) is 30.7 Å². The highest BCUT2D eigenvalue weighted by atomic mass is 35.5. The van der Waals surface area contributed by atoms with E-state index in [1.165, 1.54) is 38.0 Å². The molecule has 3 rings (SSSR count). The van der Waals surface area contributed by atoms with Crippen LogP contribution in [0.1, 0.15) is 19.3 Å². The van der Waals surface area contributed by atoms with E-state index in [0.29, 0.717) is 5.02 Å². The van der Waals surface area contributed by atoms with Gasteiger partial charge in [-0.15, -0.1) is 0 Å². The van der Waals surface area contributed by atoms with Gasteiger partial charge in [0.1, 0.15) is 5.82 Å². The zero-order valence-corrected chi connectivity index (χ0v) is 12.1. The highest BCUT2D eigenvalue weighted by Gasteiger charge is 2.10. The second kappa shape index (κ2) is 6.14. The smallest absolute Gasteiger partial charge is 0.130 e. The molecule has 1 N–H and O–H groups in total. The summed E-state index contributed by atoms with van der Waals surface area (Å²) in [4.78, 5) is 6.68. The Morgan fingerprint density at radius 3 is 2.35 bits per heavy atom. The fourth-order valence-corrected chi connectivity index (χ4v) is 2.62. The van der Waals surface area contributed by atoms with Crippen LogP contribution in [0.3, 0.4) is 0 Å². The van der Waals surface area contributed by atoms with Gasteiger partial charge >= 0.3 is 0 Å². The molecular weight excluding hydrogens is 270 g/mol. The third-order valence-corrected chi connectivity index (χ3v) is 3.81. The third-order valence-electron chi connectivity index (χ3n) is 3.59. The van der Waals surface area contributed by atoms with E-state index in [9.17, 15) is 0 Å². The van der Waals surface area contributed by atoms with E-state index >= 15 is 0 Å². The number of nitrogens with one attached hydrogen (secondary N) is 1. The van der Waals surface area contributed by atoms with Crippen LogP contribution >= 0.6 is 11.6 Å². The van der Waals surface area contributed by atoms with Crippen LogP contribution in [0.15, 0.2) is 42.6 Å². The summed E-state index contributed by atoms with van der Waals surface area (Å²) in [5, 5.41) is 3.92. The van der Waals surface area contributed by atoms with Gasteiger partial charge in [-0.1, -0.05) is 11.6 Å². The van der Waals surface area contributed by atoms with Gasteiger partial charge in [-0.05, 0) is 55.7 Å². The standard InChI is InChI=1S/C16H18ClN3/c17-13-4-9-16(18-12-13)19-14-5-7-15(8-6-14)20-10-2-1-3-11-20/h4-9,12H,1-3,10-11H2,(H,18,19). The number of anilines is 3. The molecule has 0 atom stereocenters. The number of rotatable bonds is 3. The Balaban J connectivity index is 1.67. The number of piperidine rings is 1. The van der Waals surface area contributed by atoms with E-state index in [1.54, 1.807) is 6.20 Å². The second-order valence-electron chi connectivity index (χ2n) is 5.08. The highest BCUT2D eigenvalue weighted by molar-refractivity contribution is 6.30. The first kappa shape index (κ1) is 13.3. The van der Waals surface area contributed by atoms with Crippen molar-refractivity contribution in [3.05, 3.63) is 47.6 Å². The maximum Gasteiger partial charge on any atom is 0.130 e. The number of hydrogen-bond acceptors (Lipinski definition) is 3. The van der Waals surface area contributed by atoms with Crippen LogP contribution in [0.4, 0.5) is 17.2 Å². The molecule has 20 heavy (non-hydrogen) atoms. The zero-order valence-electron chi connectivity index (χ0n) is 11.3. The number of pyridine rings is 1. The molecule has 1 aliphatic heterocycles. The molecule has 0 bridgehead atoms. The molecule has 1 aliphatic rings. The minimum Gasteiger partial charge on any atom is -0.372 e. The van der Waals surface area contributed by atoms with Gasteiger partial charge in [-0.3, -0.25) is 0 Å². The number of benzene rings is 1.